The Labute approximate surface area is 181 Å². The van der Waals surface area contributed by atoms with Crippen LogP contribution in [0.1, 0.15) is 58.9 Å². The number of hydrogen-bond donors (Lipinski definition) is 1. The van der Waals surface area contributed by atoms with Crippen LogP contribution in [0.25, 0.3) is 11.4 Å². The first kappa shape index (κ1) is 21.3. The highest BCUT2D eigenvalue weighted by Crippen LogP contribution is 2.50. The molecular weight excluding hydrogens is 372 g/mol. The van der Waals surface area contributed by atoms with Gasteiger partial charge in [0.2, 0.25) is 0 Å². The number of likely N-dealkylation sites (tertiary alicyclic amines) is 1. The number of piperidine rings is 1. The Balaban J connectivity index is 1.26. The number of rotatable bonds is 5. The third-order valence-electron chi connectivity index (χ3n) is 7.67. The summed E-state index contributed by atoms with van der Waals surface area (Å²) in [6.45, 7) is 15.3. The van der Waals surface area contributed by atoms with E-state index in [4.69, 9.17) is 0 Å². The van der Waals surface area contributed by atoms with Crippen LogP contribution in [0, 0.1) is 23.7 Å². The highest BCUT2D eigenvalue weighted by molar-refractivity contribution is 5.59. The van der Waals surface area contributed by atoms with E-state index in [0.29, 0.717) is 16.9 Å². The molecule has 6 heteroatoms. The van der Waals surface area contributed by atoms with Crippen LogP contribution in [0.4, 0.5) is 5.82 Å². The lowest BCUT2D eigenvalue weighted by Crippen LogP contribution is -2.52. The predicted octanol–water partition coefficient (Wildman–Crippen LogP) is 4.52. The van der Waals surface area contributed by atoms with Crippen molar-refractivity contribution >= 4 is 5.82 Å². The predicted molar refractivity (Wildman–Crippen MR) is 122 cm³/mol. The van der Waals surface area contributed by atoms with Crippen LogP contribution in [-0.4, -0.2) is 50.6 Å². The Morgan fingerprint density at radius 1 is 1.17 bits per heavy atom. The third kappa shape index (κ3) is 4.39. The van der Waals surface area contributed by atoms with Gasteiger partial charge in [-0.1, -0.05) is 27.7 Å². The summed E-state index contributed by atoms with van der Waals surface area (Å²) in [5.41, 5.74) is 3.98. The van der Waals surface area contributed by atoms with Crippen molar-refractivity contribution < 1.29 is 0 Å². The van der Waals surface area contributed by atoms with Gasteiger partial charge in [-0.05, 0) is 80.1 Å². The summed E-state index contributed by atoms with van der Waals surface area (Å²) in [6.07, 6.45) is 7.07. The molecule has 1 unspecified atom stereocenters. The molecule has 2 aromatic rings. The lowest BCUT2D eigenvalue weighted by atomic mass is 9.60. The van der Waals surface area contributed by atoms with Gasteiger partial charge >= 0.3 is 0 Å². The highest BCUT2D eigenvalue weighted by atomic mass is 15.3. The smallest absolute Gasteiger partial charge is 0.148 e. The fourth-order valence-electron chi connectivity index (χ4n) is 5.03. The van der Waals surface area contributed by atoms with E-state index < -0.39 is 0 Å². The second kappa shape index (κ2) is 7.95. The molecule has 6 nitrogen and oxygen atoms in total. The van der Waals surface area contributed by atoms with Gasteiger partial charge in [-0.3, -0.25) is 4.68 Å². The van der Waals surface area contributed by atoms with E-state index in [-0.39, 0.29) is 0 Å². The van der Waals surface area contributed by atoms with Crippen LogP contribution < -0.4 is 5.32 Å². The maximum absolute atomic E-state index is 4.44. The van der Waals surface area contributed by atoms with Crippen molar-refractivity contribution in [3.05, 3.63) is 23.9 Å². The number of hydrogen-bond acceptors (Lipinski definition) is 5. The summed E-state index contributed by atoms with van der Waals surface area (Å²) in [5, 5.41) is 16.8. The van der Waals surface area contributed by atoms with Gasteiger partial charge in [0.1, 0.15) is 11.5 Å². The fourth-order valence-corrected chi connectivity index (χ4v) is 5.03. The number of nitrogens with one attached hydrogen (secondary N) is 1. The third-order valence-corrected chi connectivity index (χ3v) is 7.67. The second-order valence-corrected chi connectivity index (χ2v) is 10.9. The molecule has 1 saturated carbocycles. The molecule has 2 aromatic heterocycles. The largest absolute Gasteiger partial charge is 0.366 e. The summed E-state index contributed by atoms with van der Waals surface area (Å²) in [6, 6.07) is 4.63. The summed E-state index contributed by atoms with van der Waals surface area (Å²) >= 11 is 0. The first-order chi connectivity index (χ1) is 14.2. The molecule has 4 rings (SSSR count). The van der Waals surface area contributed by atoms with Crippen LogP contribution in [0.15, 0.2) is 18.3 Å². The summed E-state index contributed by atoms with van der Waals surface area (Å²) in [5.74, 6) is 1.62. The van der Waals surface area contributed by atoms with Gasteiger partial charge in [-0.15, -0.1) is 10.2 Å². The van der Waals surface area contributed by atoms with E-state index in [1.165, 1.54) is 45.3 Å². The topological polar surface area (TPSA) is 58.9 Å². The molecule has 1 spiro atoms. The zero-order valence-electron chi connectivity index (χ0n) is 19.6. The minimum Gasteiger partial charge on any atom is -0.366 e. The molecule has 0 bridgehead atoms. The molecule has 1 aliphatic heterocycles. The highest BCUT2D eigenvalue weighted by Gasteiger charge is 2.46. The van der Waals surface area contributed by atoms with Crippen LogP contribution in [-0.2, 0) is 7.05 Å². The Morgan fingerprint density at radius 2 is 1.87 bits per heavy atom. The molecular formula is C24H38N6. The first-order valence-electron chi connectivity index (χ1n) is 11.5. The van der Waals surface area contributed by atoms with Gasteiger partial charge in [0, 0.05) is 19.6 Å². The maximum Gasteiger partial charge on any atom is 0.148 e. The van der Waals surface area contributed by atoms with Gasteiger partial charge < -0.3 is 10.2 Å². The summed E-state index contributed by atoms with van der Waals surface area (Å²) < 4.78 is 1.86. The molecule has 2 aliphatic rings. The minimum atomic E-state index is 0.395. The Bertz CT molecular complexity index is 827. The zero-order chi connectivity index (χ0) is 21.5. The summed E-state index contributed by atoms with van der Waals surface area (Å²) in [7, 11) is 1.94. The number of nitrogens with zero attached hydrogens (tertiary/aromatic N) is 5. The van der Waals surface area contributed by atoms with Crippen molar-refractivity contribution in [2.24, 2.45) is 23.8 Å². The lowest BCUT2D eigenvalue weighted by Gasteiger charge is -2.53. The maximum atomic E-state index is 4.44. The monoisotopic (exact) mass is 410 g/mol. The number of anilines is 1. The van der Waals surface area contributed by atoms with Gasteiger partial charge in [0.25, 0.3) is 0 Å². The van der Waals surface area contributed by atoms with Crippen LogP contribution in [0.2, 0.25) is 0 Å². The van der Waals surface area contributed by atoms with Crippen molar-refractivity contribution in [3.63, 3.8) is 0 Å². The standard InChI is InChI=1S/C24H38N6/c1-17-15-25-29(6)22(17)20-7-8-21(28-27-20)26-19-13-24(14-19)9-11-30(12-10-24)16-18(2)23(3,4)5/h7-8,15,18-19H,9-14,16H2,1-6H3,(H,26,28). The van der Waals surface area contributed by atoms with Crippen molar-refractivity contribution in [3.8, 4) is 11.4 Å². The molecule has 1 aliphatic carbocycles. The van der Waals surface area contributed by atoms with Crippen LogP contribution >= 0.6 is 0 Å². The van der Waals surface area contributed by atoms with Crippen molar-refractivity contribution in [1.29, 1.82) is 0 Å². The molecule has 1 atom stereocenters. The van der Waals surface area contributed by atoms with E-state index >= 15 is 0 Å². The number of aryl methyl sites for hydroxylation is 2. The quantitative estimate of drug-likeness (QED) is 0.785. The molecule has 1 N–H and O–H groups in total. The van der Waals surface area contributed by atoms with E-state index in [0.717, 1.165) is 28.7 Å². The van der Waals surface area contributed by atoms with E-state index in [2.05, 4.69) is 66.2 Å². The Morgan fingerprint density at radius 3 is 2.40 bits per heavy atom. The molecule has 0 radical (unpaired) electrons. The van der Waals surface area contributed by atoms with Gasteiger partial charge in [0.05, 0.1) is 11.9 Å². The molecule has 30 heavy (non-hydrogen) atoms. The zero-order valence-corrected chi connectivity index (χ0v) is 19.6. The molecule has 1 saturated heterocycles. The van der Waals surface area contributed by atoms with Gasteiger partial charge in [-0.2, -0.15) is 5.10 Å². The van der Waals surface area contributed by atoms with E-state index in [1.54, 1.807) is 0 Å². The fraction of sp³-hybridized carbons (Fsp3) is 0.708. The molecule has 0 amide bonds. The minimum absolute atomic E-state index is 0.395. The SMILES string of the molecule is Cc1cnn(C)c1-c1ccc(NC2CC3(CCN(CC(C)C(C)(C)C)CC3)C2)nn1. The normalized spacial score (nSPS) is 20.9. The number of aromatic nitrogens is 4. The first-order valence-corrected chi connectivity index (χ1v) is 11.5. The molecule has 0 aromatic carbocycles. The van der Waals surface area contributed by atoms with Gasteiger partial charge in [-0.25, -0.2) is 0 Å². The Kier molecular flexibility index (Phi) is 5.64. The van der Waals surface area contributed by atoms with Crippen molar-refractivity contribution in [1.82, 2.24) is 24.9 Å². The molecule has 2 fully saturated rings. The van der Waals surface area contributed by atoms with E-state index in [9.17, 15) is 0 Å². The van der Waals surface area contributed by atoms with Crippen LogP contribution in [0.5, 0.6) is 0 Å². The van der Waals surface area contributed by atoms with Gasteiger partial charge in [0.15, 0.2) is 0 Å². The van der Waals surface area contributed by atoms with Crippen molar-refractivity contribution in [2.75, 3.05) is 25.0 Å². The second-order valence-electron chi connectivity index (χ2n) is 10.9. The average Bonchev–Trinajstić information content (AvgIpc) is 3.00. The van der Waals surface area contributed by atoms with E-state index in [1.807, 2.05) is 24.0 Å². The van der Waals surface area contributed by atoms with Crippen molar-refractivity contribution in [2.45, 2.75) is 66.3 Å². The Hall–Kier alpha value is -1.95. The molecule has 164 valence electrons. The average molecular weight is 411 g/mol. The summed E-state index contributed by atoms with van der Waals surface area (Å²) in [4.78, 5) is 2.69. The van der Waals surface area contributed by atoms with Crippen LogP contribution in [0.3, 0.4) is 0 Å². The molecule has 3 heterocycles. The lowest BCUT2D eigenvalue weighted by molar-refractivity contribution is 0.0129.